The van der Waals surface area contributed by atoms with E-state index in [-0.39, 0.29) is 17.5 Å². The molecule has 0 spiro atoms. The number of ether oxygens (including phenoxy) is 2. The Bertz CT molecular complexity index is 396. The minimum absolute atomic E-state index is 0.0752. The van der Waals surface area contributed by atoms with Crippen molar-refractivity contribution in [2.45, 2.75) is 58.4 Å². The Balaban J connectivity index is 2.02. The number of unbranched alkanes of at least 4 members (excludes halogenated alkanes) is 3. The van der Waals surface area contributed by atoms with Crippen LogP contribution in [0.5, 0.6) is 0 Å². The number of nitrogens with zero attached hydrogens (tertiary/aromatic N) is 1. The maximum atomic E-state index is 11.9. The monoisotopic (exact) mass is 357 g/mol. The molecule has 2 amide bonds. The average Bonchev–Trinajstić information content (AvgIpc) is 2.60. The van der Waals surface area contributed by atoms with Crippen LogP contribution in [0.25, 0.3) is 0 Å². The number of hydrogen-bond acceptors (Lipinski definition) is 5. The molecule has 1 rings (SSSR count). The summed E-state index contributed by atoms with van der Waals surface area (Å²) in [4.78, 5) is 25.4. The van der Waals surface area contributed by atoms with Crippen LogP contribution in [0.4, 0.5) is 4.79 Å². The molecule has 0 unspecified atom stereocenters. The van der Waals surface area contributed by atoms with E-state index in [2.05, 4.69) is 29.4 Å². The highest BCUT2D eigenvalue weighted by molar-refractivity contribution is 5.73. The van der Waals surface area contributed by atoms with E-state index in [4.69, 9.17) is 9.47 Å². The van der Waals surface area contributed by atoms with Crippen LogP contribution in [0.15, 0.2) is 0 Å². The molecule has 25 heavy (non-hydrogen) atoms. The topological polar surface area (TPSA) is 79.9 Å². The highest BCUT2D eigenvalue weighted by Crippen LogP contribution is 2.14. The van der Waals surface area contributed by atoms with Crippen LogP contribution >= 0.6 is 0 Å². The van der Waals surface area contributed by atoms with Crippen molar-refractivity contribution in [1.82, 2.24) is 15.5 Å². The number of urea groups is 1. The summed E-state index contributed by atoms with van der Waals surface area (Å²) in [7, 11) is 0. The van der Waals surface area contributed by atoms with E-state index in [1.165, 1.54) is 0 Å². The van der Waals surface area contributed by atoms with E-state index in [1.807, 2.05) is 6.92 Å². The van der Waals surface area contributed by atoms with Crippen LogP contribution < -0.4 is 10.6 Å². The fourth-order valence-corrected chi connectivity index (χ4v) is 2.82. The normalized spacial score (nSPS) is 15.6. The quantitative estimate of drug-likeness (QED) is 0.436. The first-order chi connectivity index (χ1) is 12.0. The molecule has 0 aromatic heterocycles. The van der Waals surface area contributed by atoms with Crippen molar-refractivity contribution >= 4 is 12.0 Å². The zero-order valence-electron chi connectivity index (χ0n) is 16.1. The lowest BCUT2D eigenvalue weighted by Gasteiger charge is -2.40. The summed E-state index contributed by atoms with van der Waals surface area (Å²) in [5, 5.41) is 5.85. The van der Waals surface area contributed by atoms with Crippen LogP contribution in [0, 0.1) is 0 Å². The number of carbonyl (C=O) groups is 2. The van der Waals surface area contributed by atoms with E-state index >= 15 is 0 Å². The van der Waals surface area contributed by atoms with Gasteiger partial charge in [0.25, 0.3) is 0 Å². The van der Waals surface area contributed by atoms with Crippen molar-refractivity contribution in [2.24, 2.45) is 0 Å². The van der Waals surface area contributed by atoms with Gasteiger partial charge in [-0.15, -0.1) is 0 Å². The molecule has 0 saturated carbocycles. The lowest BCUT2D eigenvalue weighted by atomic mass is 10.0. The lowest BCUT2D eigenvalue weighted by molar-refractivity contribution is -0.143. The van der Waals surface area contributed by atoms with Crippen molar-refractivity contribution in [1.29, 1.82) is 0 Å². The molecule has 1 aliphatic rings. The Hall–Kier alpha value is -1.34. The molecule has 1 fully saturated rings. The summed E-state index contributed by atoms with van der Waals surface area (Å²) in [6.07, 6.45) is 4.23. The van der Waals surface area contributed by atoms with Crippen molar-refractivity contribution in [3.05, 3.63) is 0 Å². The molecule has 0 radical (unpaired) electrons. The van der Waals surface area contributed by atoms with Gasteiger partial charge in [0.1, 0.15) is 0 Å². The molecular weight excluding hydrogens is 322 g/mol. The summed E-state index contributed by atoms with van der Waals surface area (Å²) < 4.78 is 10.3. The van der Waals surface area contributed by atoms with Crippen molar-refractivity contribution in [3.63, 3.8) is 0 Å². The molecule has 0 bridgehead atoms. The van der Waals surface area contributed by atoms with Crippen LogP contribution in [0.3, 0.4) is 0 Å². The van der Waals surface area contributed by atoms with Gasteiger partial charge in [-0.2, -0.15) is 0 Å². The number of morpholine rings is 1. The molecule has 7 heteroatoms. The summed E-state index contributed by atoms with van der Waals surface area (Å²) in [5.74, 6) is -0.122. The third-order valence-corrected chi connectivity index (χ3v) is 4.45. The fraction of sp³-hybridized carbons (Fsp3) is 0.889. The molecule has 0 atom stereocenters. The van der Waals surface area contributed by atoms with Crippen LogP contribution in [-0.4, -0.2) is 68.4 Å². The van der Waals surface area contributed by atoms with E-state index in [1.54, 1.807) is 0 Å². The highest BCUT2D eigenvalue weighted by atomic mass is 16.5. The summed E-state index contributed by atoms with van der Waals surface area (Å²) >= 11 is 0. The van der Waals surface area contributed by atoms with Crippen molar-refractivity contribution in [2.75, 3.05) is 46.0 Å². The van der Waals surface area contributed by atoms with Crippen LogP contribution in [0.2, 0.25) is 0 Å². The molecule has 1 aliphatic heterocycles. The molecule has 2 N–H and O–H groups in total. The van der Waals surface area contributed by atoms with Gasteiger partial charge >= 0.3 is 12.0 Å². The van der Waals surface area contributed by atoms with Gasteiger partial charge < -0.3 is 20.1 Å². The second-order valence-corrected chi connectivity index (χ2v) is 6.99. The summed E-state index contributed by atoms with van der Waals surface area (Å²) in [5.41, 5.74) is -0.0752. The Morgan fingerprint density at radius 1 is 1.08 bits per heavy atom. The summed E-state index contributed by atoms with van der Waals surface area (Å²) in [6, 6.07) is -0.118. The molecule has 0 aromatic rings. The van der Waals surface area contributed by atoms with E-state index < -0.39 is 0 Å². The molecule has 1 saturated heterocycles. The molecule has 1 heterocycles. The smallest absolute Gasteiger partial charge is 0.314 e. The SMILES string of the molecule is CCOC(=O)CCCCCCNC(=O)NCC(C)(C)N1CCOCC1. The minimum atomic E-state index is -0.122. The zero-order valence-corrected chi connectivity index (χ0v) is 16.1. The predicted molar refractivity (Wildman–Crippen MR) is 97.6 cm³/mol. The number of amides is 2. The van der Waals surface area contributed by atoms with Gasteiger partial charge in [0.2, 0.25) is 0 Å². The number of carbonyl (C=O) groups excluding carboxylic acids is 2. The fourth-order valence-electron chi connectivity index (χ4n) is 2.82. The van der Waals surface area contributed by atoms with E-state index in [0.717, 1.165) is 52.0 Å². The van der Waals surface area contributed by atoms with Crippen LogP contribution in [-0.2, 0) is 14.3 Å². The van der Waals surface area contributed by atoms with Gasteiger partial charge in [0.05, 0.1) is 19.8 Å². The third-order valence-electron chi connectivity index (χ3n) is 4.45. The van der Waals surface area contributed by atoms with E-state index in [9.17, 15) is 9.59 Å². The Kier molecular flexibility index (Phi) is 10.5. The molecule has 0 aromatic carbocycles. The molecule has 0 aliphatic carbocycles. The Morgan fingerprint density at radius 2 is 1.76 bits per heavy atom. The lowest BCUT2D eigenvalue weighted by Crippen LogP contribution is -2.56. The molecular formula is C18H35N3O4. The maximum Gasteiger partial charge on any atom is 0.314 e. The maximum absolute atomic E-state index is 11.9. The van der Waals surface area contributed by atoms with Gasteiger partial charge in [-0.3, -0.25) is 9.69 Å². The number of rotatable bonds is 11. The molecule has 7 nitrogen and oxygen atoms in total. The standard InChI is InChI=1S/C18H35N3O4/c1-4-25-16(22)9-7-5-6-8-10-19-17(23)20-15-18(2,3)21-11-13-24-14-12-21/h4-15H2,1-3H3,(H2,19,20,23). The highest BCUT2D eigenvalue weighted by Gasteiger charge is 2.28. The largest absolute Gasteiger partial charge is 0.466 e. The Labute approximate surface area is 151 Å². The van der Waals surface area contributed by atoms with Gasteiger partial charge in [-0.1, -0.05) is 12.8 Å². The van der Waals surface area contributed by atoms with Crippen molar-refractivity contribution < 1.29 is 19.1 Å². The van der Waals surface area contributed by atoms with Crippen molar-refractivity contribution in [3.8, 4) is 0 Å². The summed E-state index contributed by atoms with van der Waals surface area (Å²) in [6.45, 7) is 11.1. The second kappa shape index (κ2) is 12.1. The third kappa shape index (κ3) is 9.65. The zero-order chi connectivity index (χ0) is 18.5. The van der Waals surface area contributed by atoms with E-state index in [0.29, 0.717) is 26.1 Å². The molecule has 146 valence electrons. The predicted octanol–water partition coefficient (Wildman–Crippen LogP) is 1.91. The first kappa shape index (κ1) is 21.7. The second-order valence-electron chi connectivity index (χ2n) is 6.99. The van der Waals surface area contributed by atoms with Gasteiger partial charge in [-0.25, -0.2) is 4.79 Å². The van der Waals surface area contributed by atoms with Gasteiger partial charge in [0.15, 0.2) is 0 Å². The van der Waals surface area contributed by atoms with Crippen LogP contribution in [0.1, 0.15) is 52.9 Å². The van der Waals surface area contributed by atoms with Gasteiger partial charge in [0, 0.05) is 38.1 Å². The minimum Gasteiger partial charge on any atom is -0.466 e. The number of hydrogen-bond donors (Lipinski definition) is 2. The first-order valence-corrected chi connectivity index (χ1v) is 9.46. The first-order valence-electron chi connectivity index (χ1n) is 9.46. The Morgan fingerprint density at radius 3 is 2.44 bits per heavy atom. The average molecular weight is 357 g/mol. The van der Waals surface area contributed by atoms with Gasteiger partial charge in [-0.05, 0) is 33.6 Å². The number of nitrogens with one attached hydrogen (secondary N) is 2. The number of esters is 1.